The zero-order valence-corrected chi connectivity index (χ0v) is 14.1. The first-order valence-corrected chi connectivity index (χ1v) is 8.09. The number of hydrogen-bond donors (Lipinski definition) is 3. The highest BCUT2D eigenvalue weighted by molar-refractivity contribution is 6.09. The number of anilines is 3. The Hall–Kier alpha value is -4.07. The van der Waals surface area contributed by atoms with Crippen molar-refractivity contribution in [1.82, 2.24) is 19.9 Å². The van der Waals surface area contributed by atoms with Crippen LogP contribution in [0.4, 0.5) is 17.6 Å². The van der Waals surface area contributed by atoms with Gasteiger partial charge in [-0.05, 0) is 0 Å². The molecule has 0 radical (unpaired) electrons. The standard InChI is InChI=1S/C19H15N7O/c20-16-13(23-14-17(21)25-19(22)26-18(14)24-16)10-6-8-12(9-7-10)15(27)11-4-2-1-3-5-11/h1-9H,(H6,20,21,22,24,25,26). The summed E-state index contributed by atoms with van der Waals surface area (Å²) in [5, 5.41) is 0. The van der Waals surface area contributed by atoms with Gasteiger partial charge in [-0.1, -0.05) is 54.6 Å². The van der Waals surface area contributed by atoms with Gasteiger partial charge in [0.25, 0.3) is 0 Å². The van der Waals surface area contributed by atoms with Crippen molar-refractivity contribution in [1.29, 1.82) is 0 Å². The predicted molar refractivity (Wildman–Crippen MR) is 104 cm³/mol. The number of fused-ring (bicyclic) bond motifs is 1. The quantitative estimate of drug-likeness (QED) is 0.472. The Kier molecular flexibility index (Phi) is 3.85. The van der Waals surface area contributed by atoms with E-state index in [-0.39, 0.29) is 29.0 Å². The van der Waals surface area contributed by atoms with Crippen LogP contribution in [0.1, 0.15) is 15.9 Å². The van der Waals surface area contributed by atoms with E-state index in [1.54, 1.807) is 36.4 Å². The van der Waals surface area contributed by atoms with Gasteiger partial charge >= 0.3 is 0 Å². The van der Waals surface area contributed by atoms with E-state index in [4.69, 9.17) is 17.2 Å². The fourth-order valence-electron chi connectivity index (χ4n) is 2.75. The molecule has 4 rings (SSSR count). The minimum absolute atomic E-state index is 0.00484. The van der Waals surface area contributed by atoms with Crippen LogP contribution >= 0.6 is 0 Å². The molecule has 0 aliphatic rings. The number of hydrogen-bond acceptors (Lipinski definition) is 8. The number of nitrogens with two attached hydrogens (primary N) is 3. The Morgan fingerprint density at radius 2 is 1.37 bits per heavy atom. The second kappa shape index (κ2) is 6.34. The highest BCUT2D eigenvalue weighted by atomic mass is 16.1. The molecule has 0 fully saturated rings. The molecule has 132 valence electrons. The van der Waals surface area contributed by atoms with Gasteiger partial charge in [-0.15, -0.1) is 0 Å². The summed E-state index contributed by atoms with van der Waals surface area (Å²) in [7, 11) is 0. The Balaban J connectivity index is 1.74. The average molecular weight is 357 g/mol. The lowest BCUT2D eigenvalue weighted by atomic mass is 10.0. The van der Waals surface area contributed by atoms with E-state index in [1.807, 2.05) is 18.2 Å². The van der Waals surface area contributed by atoms with Crippen LogP contribution in [0.5, 0.6) is 0 Å². The molecule has 0 saturated carbocycles. The molecule has 8 nitrogen and oxygen atoms in total. The molecule has 0 unspecified atom stereocenters. The number of nitrogens with zero attached hydrogens (tertiary/aromatic N) is 4. The van der Waals surface area contributed by atoms with Gasteiger partial charge in [0, 0.05) is 16.7 Å². The van der Waals surface area contributed by atoms with Crippen molar-refractivity contribution in [2.45, 2.75) is 0 Å². The zero-order valence-electron chi connectivity index (χ0n) is 14.1. The summed E-state index contributed by atoms with van der Waals surface area (Å²) < 4.78 is 0. The molecule has 4 aromatic rings. The van der Waals surface area contributed by atoms with Gasteiger partial charge in [-0.2, -0.15) is 9.97 Å². The van der Waals surface area contributed by atoms with Crippen molar-refractivity contribution in [3.05, 3.63) is 65.7 Å². The maximum absolute atomic E-state index is 12.5. The van der Waals surface area contributed by atoms with Crippen molar-refractivity contribution in [3.63, 3.8) is 0 Å². The maximum atomic E-state index is 12.5. The summed E-state index contributed by atoms with van der Waals surface area (Å²) in [6.07, 6.45) is 0. The lowest BCUT2D eigenvalue weighted by Gasteiger charge is -2.08. The first-order valence-electron chi connectivity index (χ1n) is 8.09. The van der Waals surface area contributed by atoms with E-state index in [2.05, 4.69) is 19.9 Å². The largest absolute Gasteiger partial charge is 0.382 e. The molecule has 0 aliphatic carbocycles. The number of carbonyl (C=O) groups is 1. The molecule has 2 aromatic carbocycles. The lowest BCUT2D eigenvalue weighted by molar-refractivity contribution is 0.103. The van der Waals surface area contributed by atoms with Gasteiger partial charge in [-0.25, -0.2) is 9.97 Å². The molecule has 2 heterocycles. The lowest BCUT2D eigenvalue weighted by Crippen LogP contribution is -2.06. The minimum atomic E-state index is -0.0622. The summed E-state index contributed by atoms with van der Waals surface area (Å²) in [5.74, 6) is 0.252. The number of nitrogen functional groups attached to an aromatic ring is 3. The molecule has 8 heteroatoms. The first kappa shape index (κ1) is 16.4. The van der Waals surface area contributed by atoms with E-state index in [0.717, 1.165) is 0 Å². The van der Waals surface area contributed by atoms with Crippen LogP contribution in [0, 0.1) is 0 Å². The minimum Gasteiger partial charge on any atom is -0.382 e. The second-order valence-corrected chi connectivity index (χ2v) is 5.87. The van der Waals surface area contributed by atoms with Gasteiger partial charge in [0.1, 0.15) is 5.69 Å². The van der Waals surface area contributed by atoms with Crippen LogP contribution in [0.15, 0.2) is 54.6 Å². The van der Waals surface area contributed by atoms with Gasteiger partial charge in [-0.3, -0.25) is 4.79 Å². The van der Waals surface area contributed by atoms with Crippen LogP contribution in [0.2, 0.25) is 0 Å². The molecule has 0 saturated heterocycles. The fraction of sp³-hybridized carbons (Fsp3) is 0. The van der Waals surface area contributed by atoms with E-state index < -0.39 is 0 Å². The van der Waals surface area contributed by atoms with Crippen LogP contribution in [0.3, 0.4) is 0 Å². The van der Waals surface area contributed by atoms with E-state index >= 15 is 0 Å². The molecule has 27 heavy (non-hydrogen) atoms. The van der Waals surface area contributed by atoms with E-state index in [9.17, 15) is 4.79 Å². The molecule has 0 atom stereocenters. The van der Waals surface area contributed by atoms with Crippen LogP contribution in [-0.2, 0) is 0 Å². The van der Waals surface area contributed by atoms with Gasteiger partial charge in [0.05, 0.1) is 0 Å². The van der Waals surface area contributed by atoms with Crippen molar-refractivity contribution >= 4 is 34.5 Å². The topological polar surface area (TPSA) is 147 Å². The molecular formula is C19H15N7O. The van der Waals surface area contributed by atoms with Gasteiger partial charge < -0.3 is 17.2 Å². The van der Waals surface area contributed by atoms with E-state index in [1.165, 1.54) is 0 Å². The summed E-state index contributed by atoms with van der Waals surface area (Å²) in [4.78, 5) is 29.1. The molecule has 0 amide bonds. The predicted octanol–water partition coefficient (Wildman–Crippen LogP) is 2.06. The Morgan fingerprint density at radius 1 is 0.704 bits per heavy atom. The molecule has 0 aliphatic heterocycles. The van der Waals surface area contributed by atoms with Crippen LogP contribution < -0.4 is 17.2 Å². The maximum Gasteiger partial charge on any atom is 0.224 e. The Morgan fingerprint density at radius 3 is 2.07 bits per heavy atom. The third-order valence-electron chi connectivity index (χ3n) is 4.06. The van der Waals surface area contributed by atoms with Gasteiger partial charge in [0.15, 0.2) is 28.6 Å². The molecular weight excluding hydrogens is 342 g/mol. The number of rotatable bonds is 3. The zero-order chi connectivity index (χ0) is 19.0. The third-order valence-corrected chi connectivity index (χ3v) is 4.06. The van der Waals surface area contributed by atoms with E-state index in [0.29, 0.717) is 27.9 Å². The molecule has 6 N–H and O–H groups in total. The van der Waals surface area contributed by atoms with Gasteiger partial charge in [0.2, 0.25) is 5.95 Å². The van der Waals surface area contributed by atoms with Crippen molar-refractivity contribution in [2.24, 2.45) is 0 Å². The number of aromatic nitrogens is 4. The first-order chi connectivity index (χ1) is 13.0. The summed E-state index contributed by atoms with van der Waals surface area (Å²) in [6.45, 7) is 0. The highest BCUT2D eigenvalue weighted by Crippen LogP contribution is 2.27. The SMILES string of the molecule is Nc1nc(N)c2nc(-c3ccc(C(=O)c4ccccc4)cc3)c(N)nc2n1. The Labute approximate surface area is 154 Å². The third kappa shape index (κ3) is 2.99. The number of ketones is 1. The van der Waals surface area contributed by atoms with Crippen molar-refractivity contribution in [3.8, 4) is 11.3 Å². The van der Waals surface area contributed by atoms with Crippen LogP contribution in [-0.4, -0.2) is 25.7 Å². The summed E-state index contributed by atoms with van der Waals surface area (Å²) in [5.41, 5.74) is 20.3. The van der Waals surface area contributed by atoms with Crippen molar-refractivity contribution in [2.75, 3.05) is 17.2 Å². The van der Waals surface area contributed by atoms with Crippen molar-refractivity contribution < 1.29 is 4.79 Å². The fourth-order valence-corrected chi connectivity index (χ4v) is 2.75. The number of benzene rings is 2. The summed E-state index contributed by atoms with van der Waals surface area (Å²) >= 11 is 0. The smallest absolute Gasteiger partial charge is 0.224 e. The average Bonchev–Trinajstić information content (AvgIpc) is 2.68. The second-order valence-electron chi connectivity index (χ2n) is 5.87. The normalized spacial score (nSPS) is 10.8. The summed E-state index contributed by atoms with van der Waals surface area (Å²) in [6, 6.07) is 16.0. The van der Waals surface area contributed by atoms with Crippen LogP contribution in [0.25, 0.3) is 22.4 Å². The Bertz CT molecular complexity index is 1160. The molecule has 0 bridgehead atoms. The monoisotopic (exact) mass is 357 g/mol. The number of carbonyl (C=O) groups excluding carboxylic acids is 1. The molecule has 2 aromatic heterocycles. The highest BCUT2D eigenvalue weighted by Gasteiger charge is 2.14. The molecule has 0 spiro atoms.